The molecule has 0 radical (unpaired) electrons. The number of hydrogen-bond acceptors (Lipinski definition) is 2. The average Bonchev–Trinajstić information content (AvgIpc) is 3.03. The van der Waals surface area contributed by atoms with Crippen LogP contribution in [0.4, 0.5) is 0 Å². The zero-order valence-corrected chi connectivity index (χ0v) is 13.4. The first-order valence-corrected chi connectivity index (χ1v) is 8.17. The predicted octanol–water partition coefficient (Wildman–Crippen LogP) is 6.10. The van der Waals surface area contributed by atoms with Gasteiger partial charge in [-0.15, -0.1) is 0 Å². The van der Waals surface area contributed by atoms with Crippen molar-refractivity contribution in [2.24, 2.45) is 0 Å². The van der Waals surface area contributed by atoms with Gasteiger partial charge in [-0.05, 0) is 42.3 Å². The minimum atomic E-state index is 0.861. The number of furan rings is 1. The second-order valence-electron chi connectivity index (χ2n) is 6.27. The van der Waals surface area contributed by atoms with Crippen molar-refractivity contribution in [3.8, 4) is 22.8 Å². The zero-order valence-electron chi connectivity index (χ0n) is 13.4. The molecule has 0 atom stereocenters. The van der Waals surface area contributed by atoms with E-state index in [2.05, 4.69) is 43.3 Å². The highest BCUT2D eigenvalue weighted by Gasteiger charge is 2.23. The molecule has 0 aliphatic carbocycles. The number of benzene rings is 3. The molecule has 5 rings (SSSR count). The van der Waals surface area contributed by atoms with Crippen LogP contribution >= 0.6 is 0 Å². The van der Waals surface area contributed by atoms with Crippen molar-refractivity contribution < 1.29 is 9.15 Å². The van der Waals surface area contributed by atoms with Gasteiger partial charge in [0.1, 0.15) is 22.8 Å². The summed E-state index contributed by atoms with van der Waals surface area (Å²) in [5.41, 5.74) is 5.69. The minimum Gasteiger partial charge on any atom is -0.457 e. The monoisotopic (exact) mass is 312 g/mol. The molecule has 2 heteroatoms. The Bertz CT molecular complexity index is 1040. The van der Waals surface area contributed by atoms with Crippen LogP contribution in [0.3, 0.4) is 0 Å². The lowest BCUT2D eigenvalue weighted by atomic mass is 9.92. The number of hydrogen-bond donors (Lipinski definition) is 0. The van der Waals surface area contributed by atoms with Crippen molar-refractivity contribution in [1.82, 2.24) is 0 Å². The van der Waals surface area contributed by atoms with E-state index >= 15 is 0 Å². The van der Waals surface area contributed by atoms with Gasteiger partial charge in [0.05, 0.1) is 0 Å². The van der Waals surface area contributed by atoms with Crippen LogP contribution in [0.1, 0.15) is 16.7 Å². The third-order valence-corrected chi connectivity index (χ3v) is 4.71. The van der Waals surface area contributed by atoms with Gasteiger partial charge in [-0.2, -0.15) is 0 Å². The van der Waals surface area contributed by atoms with Crippen LogP contribution in [0.25, 0.3) is 22.3 Å². The van der Waals surface area contributed by atoms with Crippen LogP contribution in [0.15, 0.2) is 71.1 Å². The van der Waals surface area contributed by atoms with Gasteiger partial charge in [-0.1, -0.05) is 42.5 Å². The Morgan fingerprint density at radius 1 is 0.833 bits per heavy atom. The molecule has 4 aromatic rings. The van der Waals surface area contributed by atoms with Crippen LogP contribution in [-0.4, -0.2) is 0 Å². The maximum atomic E-state index is 6.13. The van der Waals surface area contributed by atoms with Gasteiger partial charge in [-0.3, -0.25) is 0 Å². The third-order valence-electron chi connectivity index (χ3n) is 4.71. The lowest BCUT2D eigenvalue weighted by molar-refractivity contribution is 0.460. The molecule has 1 aliphatic heterocycles. The SMILES string of the molecule is Cc1ccc2c(c1-c1cc3ccccc3o1)Cc1ccccc1O2. The highest BCUT2D eigenvalue weighted by atomic mass is 16.5. The molecule has 0 unspecified atom stereocenters. The van der Waals surface area contributed by atoms with E-state index < -0.39 is 0 Å². The first kappa shape index (κ1) is 13.4. The van der Waals surface area contributed by atoms with E-state index in [1.165, 1.54) is 16.7 Å². The first-order valence-electron chi connectivity index (χ1n) is 8.17. The fraction of sp³-hybridized carbons (Fsp3) is 0.0909. The summed E-state index contributed by atoms with van der Waals surface area (Å²) in [6, 6.07) is 22.6. The first-order chi connectivity index (χ1) is 11.8. The third kappa shape index (κ3) is 1.96. The summed E-state index contributed by atoms with van der Waals surface area (Å²) >= 11 is 0. The maximum absolute atomic E-state index is 6.13. The summed E-state index contributed by atoms with van der Waals surface area (Å²) < 4.78 is 12.3. The van der Waals surface area contributed by atoms with Crippen LogP contribution in [0, 0.1) is 6.92 Å². The van der Waals surface area contributed by atoms with Crippen LogP contribution in [0.2, 0.25) is 0 Å². The minimum absolute atomic E-state index is 0.861. The smallest absolute Gasteiger partial charge is 0.136 e. The Hall–Kier alpha value is -3.00. The van der Waals surface area contributed by atoms with E-state index in [4.69, 9.17) is 9.15 Å². The highest BCUT2D eigenvalue weighted by molar-refractivity contribution is 5.85. The molecule has 0 saturated heterocycles. The van der Waals surface area contributed by atoms with Crippen molar-refractivity contribution >= 4 is 11.0 Å². The fourth-order valence-corrected chi connectivity index (χ4v) is 3.52. The van der Waals surface area contributed by atoms with Crippen molar-refractivity contribution in [3.05, 3.63) is 83.4 Å². The molecule has 3 aromatic carbocycles. The second kappa shape index (κ2) is 5.00. The van der Waals surface area contributed by atoms with Crippen LogP contribution < -0.4 is 4.74 Å². The summed E-state index contributed by atoms with van der Waals surface area (Å²) in [4.78, 5) is 0. The summed E-state index contributed by atoms with van der Waals surface area (Å²) in [5.74, 6) is 2.78. The largest absolute Gasteiger partial charge is 0.457 e. The van der Waals surface area contributed by atoms with E-state index in [-0.39, 0.29) is 0 Å². The lowest BCUT2D eigenvalue weighted by Crippen LogP contribution is -2.05. The van der Waals surface area contributed by atoms with Crippen molar-refractivity contribution in [3.63, 3.8) is 0 Å². The van der Waals surface area contributed by atoms with E-state index in [0.717, 1.165) is 40.2 Å². The standard InChI is InChI=1S/C22H16O2/c1-14-10-11-20-17(12-15-6-2-4-8-18(15)23-20)22(14)21-13-16-7-3-5-9-19(16)24-21/h2-11,13H,12H2,1H3. The van der Waals surface area contributed by atoms with Crippen molar-refractivity contribution in [2.45, 2.75) is 13.3 Å². The lowest BCUT2D eigenvalue weighted by Gasteiger charge is -2.23. The summed E-state index contributed by atoms with van der Waals surface area (Å²) in [7, 11) is 0. The molecular formula is C22H16O2. The molecule has 0 fully saturated rings. The van der Waals surface area contributed by atoms with Gasteiger partial charge in [-0.25, -0.2) is 0 Å². The quantitative estimate of drug-likeness (QED) is 0.373. The van der Waals surface area contributed by atoms with Crippen LogP contribution in [0.5, 0.6) is 11.5 Å². The fourth-order valence-electron chi connectivity index (χ4n) is 3.52. The number of para-hydroxylation sites is 2. The highest BCUT2D eigenvalue weighted by Crippen LogP contribution is 2.43. The van der Waals surface area contributed by atoms with Gasteiger partial charge >= 0.3 is 0 Å². The molecule has 0 spiro atoms. The van der Waals surface area contributed by atoms with E-state index in [1.807, 2.05) is 30.3 Å². The van der Waals surface area contributed by atoms with Gasteiger partial charge in [0.15, 0.2) is 0 Å². The number of fused-ring (bicyclic) bond motifs is 3. The van der Waals surface area contributed by atoms with Gasteiger partial charge in [0.2, 0.25) is 0 Å². The Kier molecular flexibility index (Phi) is 2.80. The zero-order chi connectivity index (χ0) is 16.1. The molecule has 116 valence electrons. The molecule has 24 heavy (non-hydrogen) atoms. The predicted molar refractivity (Wildman–Crippen MR) is 95.7 cm³/mol. The molecule has 1 aliphatic rings. The van der Waals surface area contributed by atoms with Gasteiger partial charge in [0, 0.05) is 22.9 Å². The Labute approximate surface area is 140 Å². The molecule has 0 bridgehead atoms. The number of rotatable bonds is 1. The molecular weight excluding hydrogens is 296 g/mol. The van der Waals surface area contributed by atoms with Crippen molar-refractivity contribution in [1.29, 1.82) is 0 Å². The van der Waals surface area contributed by atoms with Gasteiger partial charge in [0.25, 0.3) is 0 Å². The molecule has 0 saturated carbocycles. The Morgan fingerprint density at radius 3 is 2.58 bits per heavy atom. The normalized spacial score (nSPS) is 12.5. The van der Waals surface area contributed by atoms with Gasteiger partial charge < -0.3 is 9.15 Å². The molecule has 2 heterocycles. The van der Waals surface area contributed by atoms with E-state index in [9.17, 15) is 0 Å². The molecule has 0 N–H and O–H groups in total. The summed E-state index contributed by atoms with van der Waals surface area (Å²) in [6.45, 7) is 2.13. The Morgan fingerprint density at radius 2 is 1.67 bits per heavy atom. The van der Waals surface area contributed by atoms with E-state index in [0.29, 0.717) is 0 Å². The number of aryl methyl sites for hydroxylation is 1. The average molecular weight is 312 g/mol. The maximum Gasteiger partial charge on any atom is 0.136 e. The molecule has 0 amide bonds. The van der Waals surface area contributed by atoms with Crippen molar-refractivity contribution in [2.75, 3.05) is 0 Å². The van der Waals surface area contributed by atoms with Crippen LogP contribution in [-0.2, 0) is 6.42 Å². The Balaban J connectivity index is 1.73. The van der Waals surface area contributed by atoms with E-state index in [1.54, 1.807) is 0 Å². The summed E-state index contributed by atoms with van der Waals surface area (Å²) in [5, 5.41) is 1.13. The number of ether oxygens (including phenoxy) is 1. The topological polar surface area (TPSA) is 22.4 Å². The summed E-state index contributed by atoms with van der Waals surface area (Å²) in [6.07, 6.45) is 0.861. The second-order valence-corrected chi connectivity index (χ2v) is 6.27. The molecule has 1 aromatic heterocycles. The molecule has 2 nitrogen and oxygen atoms in total.